The van der Waals surface area contributed by atoms with E-state index >= 15 is 0 Å². The quantitative estimate of drug-likeness (QED) is 0.454. The lowest BCUT2D eigenvalue weighted by molar-refractivity contribution is -0.107. The van der Waals surface area contributed by atoms with Crippen LogP contribution in [0.3, 0.4) is 0 Å². The minimum absolute atomic E-state index is 0.756. The van der Waals surface area contributed by atoms with Gasteiger partial charge in [0.15, 0.2) is 0 Å². The fraction of sp³-hybridized carbons (Fsp3) is 0.923. The van der Waals surface area contributed by atoms with Gasteiger partial charge in [-0.2, -0.15) is 0 Å². The molecule has 0 aliphatic carbocycles. The summed E-state index contributed by atoms with van der Waals surface area (Å²) in [5, 5.41) is 0. The molecule has 1 aliphatic heterocycles. The minimum Gasteiger partial charge on any atom is -0.303 e. The number of hydrogen-bond acceptors (Lipinski definition) is 2. The van der Waals surface area contributed by atoms with E-state index in [9.17, 15) is 4.79 Å². The lowest BCUT2D eigenvalue weighted by Gasteiger charge is -2.26. The second-order valence-corrected chi connectivity index (χ2v) is 4.63. The third kappa shape index (κ3) is 6.67. The maximum Gasteiger partial charge on any atom is 0.119 e. The Hall–Kier alpha value is -0.370. The summed E-state index contributed by atoms with van der Waals surface area (Å²) in [4.78, 5) is 12.7. The van der Waals surface area contributed by atoms with Crippen LogP contribution in [0.1, 0.15) is 57.8 Å². The normalized spacial score (nSPS) is 17.9. The molecule has 1 aliphatic rings. The Balaban J connectivity index is 1.81. The lowest BCUT2D eigenvalue weighted by Crippen LogP contribution is -2.30. The van der Waals surface area contributed by atoms with E-state index in [0.29, 0.717) is 0 Å². The molecule has 0 unspecified atom stereocenters. The molecule has 0 radical (unpaired) electrons. The van der Waals surface area contributed by atoms with Crippen LogP contribution < -0.4 is 0 Å². The number of unbranched alkanes of at least 4 members (excludes halogenated alkanes) is 5. The first-order valence-electron chi connectivity index (χ1n) is 6.59. The first kappa shape index (κ1) is 12.7. The van der Waals surface area contributed by atoms with Crippen molar-refractivity contribution in [3.05, 3.63) is 0 Å². The van der Waals surface area contributed by atoms with Gasteiger partial charge in [0, 0.05) is 6.42 Å². The summed E-state index contributed by atoms with van der Waals surface area (Å²) in [6.45, 7) is 3.95. The lowest BCUT2D eigenvalue weighted by atomic mass is 10.1. The molecule has 1 fully saturated rings. The molecule has 0 N–H and O–H groups in total. The van der Waals surface area contributed by atoms with Crippen molar-refractivity contribution in [3.8, 4) is 0 Å². The third-order valence-electron chi connectivity index (χ3n) is 3.25. The zero-order valence-corrected chi connectivity index (χ0v) is 9.92. The fourth-order valence-corrected chi connectivity index (χ4v) is 2.28. The molecule has 0 aromatic rings. The van der Waals surface area contributed by atoms with Gasteiger partial charge in [0.2, 0.25) is 0 Å². The predicted octanol–water partition coefficient (Wildman–Crippen LogP) is 3.01. The molecule has 88 valence electrons. The largest absolute Gasteiger partial charge is 0.303 e. The Kier molecular flexibility index (Phi) is 7.53. The Morgan fingerprint density at radius 2 is 1.53 bits per heavy atom. The zero-order chi connectivity index (χ0) is 10.8. The number of nitrogens with zero attached hydrogens (tertiary/aromatic N) is 1. The molecular weight excluding hydrogens is 186 g/mol. The number of hydrogen-bond donors (Lipinski definition) is 0. The van der Waals surface area contributed by atoms with E-state index < -0.39 is 0 Å². The highest BCUT2D eigenvalue weighted by atomic mass is 16.1. The van der Waals surface area contributed by atoms with Gasteiger partial charge in [0.1, 0.15) is 6.29 Å². The third-order valence-corrected chi connectivity index (χ3v) is 3.25. The van der Waals surface area contributed by atoms with Crippen LogP contribution in [-0.4, -0.2) is 30.8 Å². The van der Waals surface area contributed by atoms with E-state index in [1.807, 2.05) is 0 Å². The Morgan fingerprint density at radius 1 is 0.867 bits per heavy atom. The van der Waals surface area contributed by atoms with Crippen LogP contribution in [0.4, 0.5) is 0 Å². The molecule has 15 heavy (non-hydrogen) atoms. The van der Waals surface area contributed by atoms with Gasteiger partial charge >= 0.3 is 0 Å². The number of carbonyl (C=O) groups is 1. The van der Waals surface area contributed by atoms with E-state index in [0.717, 1.165) is 19.1 Å². The molecule has 2 heteroatoms. The Labute approximate surface area is 94.0 Å². The highest BCUT2D eigenvalue weighted by Gasteiger charge is 2.08. The summed E-state index contributed by atoms with van der Waals surface area (Å²) in [6.07, 6.45) is 12.4. The van der Waals surface area contributed by atoms with E-state index in [-0.39, 0.29) is 0 Å². The van der Waals surface area contributed by atoms with Crippen LogP contribution >= 0.6 is 0 Å². The first-order valence-corrected chi connectivity index (χ1v) is 6.59. The van der Waals surface area contributed by atoms with E-state index in [1.165, 1.54) is 64.6 Å². The Bertz CT molecular complexity index is 153. The molecule has 0 bridgehead atoms. The smallest absolute Gasteiger partial charge is 0.119 e. The van der Waals surface area contributed by atoms with Gasteiger partial charge in [-0.05, 0) is 45.3 Å². The van der Waals surface area contributed by atoms with Crippen LogP contribution in [0.2, 0.25) is 0 Å². The standard InChI is InChI=1S/C13H25NO/c15-13-9-4-2-1-3-6-10-14-11-7-5-8-12-14/h13H,1-12H2. The maximum absolute atomic E-state index is 10.1. The Morgan fingerprint density at radius 3 is 2.27 bits per heavy atom. The van der Waals surface area contributed by atoms with Crippen molar-refractivity contribution < 1.29 is 4.79 Å². The topological polar surface area (TPSA) is 20.3 Å². The monoisotopic (exact) mass is 211 g/mol. The number of aldehydes is 1. The predicted molar refractivity (Wildman–Crippen MR) is 64.1 cm³/mol. The number of rotatable bonds is 8. The van der Waals surface area contributed by atoms with Gasteiger partial charge in [-0.1, -0.05) is 25.7 Å². The molecule has 1 saturated heterocycles. The van der Waals surface area contributed by atoms with Crippen molar-refractivity contribution in [2.45, 2.75) is 57.8 Å². The molecule has 0 aromatic carbocycles. The first-order chi connectivity index (χ1) is 7.43. The van der Waals surface area contributed by atoms with Crippen molar-refractivity contribution >= 4 is 6.29 Å². The molecule has 2 nitrogen and oxygen atoms in total. The summed E-state index contributed by atoms with van der Waals surface area (Å²) in [5.41, 5.74) is 0. The van der Waals surface area contributed by atoms with Crippen molar-refractivity contribution in [1.82, 2.24) is 4.90 Å². The van der Waals surface area contributed by atoms with Crippen LogP contribution in [0.5, 0.6) is 0 Å². The van der Waals surface area contributed by atoms with E-state index in [2.05, 4.69) is 4.90 Å². The molecule has 1 heterocycles. The molecule has 0 aromatic heterocycles. The van der Waals surface area contributed by atoms with Gasteiger partial charge < -0.3 is 9.69 Å². The van der Waals surface area contributed by atoms with Crippen LogP contribution in [0.25, 0.3) is 0 Å². The average molecular weight is 211 g/mol. The van der Waals surface area contributed by atoms with Gasteiger partial charge in [-0.3, -0.25) is 0 Å². The van der Waals surface area contributed by atoms with Crippen molar-refractivity contribution in [1.29, 1.82) is 0 Å². The summed E-state index contributed by atoms with van der Waals surface area (Å²) in [7, 11) is 0. The highest BCUT2D eigenvalue weighted by Crippen LogP contribution is 2.11. The van der Waals surface area contributed by atoms with E-state index in [1.54, 1.807) is 0 Å². The zero-order valence-electron chi connectivity index (χ0n) is 9.92. The van der Waals surface area contributed by atoms with Gasteiger partial charge in [-0.15, -0.1) is 0 Å². The fourth-order valence-electron chi connectivity index (χ4n) is 2.28. The van der Waals surface area contributed by atoms with Gasteiger partial charge in [0.25, 0.3) is 0 Å². The molecule has 0 amide bonds. The summed E-state index contributed by atoms with van der Waals surface area (Å²) in [5.74, 6) is 0. The van der Waals surface area contributed by atoms with Crippen molar-refractivity contribution in [2.75, 3.05) is 19.6 Å². The molecular formula is C13H25NO. The number of piperidine rings is 1. The highest BCUT2D eigenvalue weighted by molar-refractivity contribution is 5.48. The van der Waals surface area contributed by atoms with Crippen LogP contribution in [0, 0.1) is 0 Å². The van der Waals surface area contributed by atoms with Gasteiger partial charge in [-0.25, -0.2) is 0 Å². The average Bonchev–Trinajstić information content (AvgIpc) is 2.29. The van der Waals surface area contributed by atoms with Gasteiger partial charge in [0.05, 0.1) is 0 Å². The molecule has 0 atom stereocenters. The molecule has 0 spiro atoms. The number of likely N-dealkylation sites (tertiary alicyclic amines) is 1. The molecule has 0 saturated carbocycles. The van der Waals surface area contributed by atoms with Crippen LogP contribution in [0.15, 0.2) is 0 Å². The number of carbonyl (C=O) groups excluding carboxylic acids is 1. The van der Waals surface area contributed by atoms with E-state index in [4.69, 9.17) is 0 Å². The molecule has 1 rings (SSSR count). The van der Waals surface area contributed by atoms with Crippen LogP contribution in [-0.2, 0) is 4.79 Å². The maximum atomic E-state index is 10.1. The summed E-state index contributed by atoms with van der Waals surface area (Å²) >= 11 is 0. The van der Waals surface area contributed by atoms with Crippen molar-refractivity contribution in [2.24, 2.45) is 0 Å². The second-order valence-electron chi connectivity index (χ2n) is 4.63. The second kappa shape index (κ2) is 8.90. The van der Waals surface area contributed by atoms with Crippen molar-refractivity contribution in [3.63, 3.8) is 0 Å². The summed E-state index contributed by atoms with van der Waals surface area (Å²) < 4.78 is 0. The minimum atomic E-state index is 0.756. The summed E-state index contributed by atoms with van der Waals surface area (Å²) in [6, 6.07) is 0. The SMILES string of the molecule is O=CCCCCCCCN1CCCCC1.